The summed E-state index contributed by atoms with van der Waals surface area (Å²) < 4.78 is 6.34. The lowest BCUT2D eigenvalue weighted by molar-refractivity contribution is 0.0595. The van der Waals surface area contributed by atoms with Gasteiger partial charge >= 0.3 is 5.97 Å². The molecule has 3 aromatic rings. The van der Waals surface area contributed by atoms with Gasteiger partial charge in [0.05, 0.1) is 19.9 Å². The standard InChI is InChI=1S/C14H10Cl2N4O2/c1-22-14(21)13-12-11(5-17-7-18-12)20(19-13)6-8-2-3-9(15)4-10(8)16/h2-5,7H,6H2,1H3. The van der Waals surface area contributed by atoms with Crippen molar-refractivity contribution in [2.24, 2.45) is 0 Å². The fourth-order valence-electron chi connectivity index (χ4n) is 2.08. The Labute approximate surface area is 135 Å². The first kappa shape index (κ1) is 14.7. The minimum atomic E-state index is -0.551. The Morgan fingerprint density at radius 3 is 2.91 bits per heavy atom. The summed E-state index contributed by atoms with van der Waals surface area (Å²) >= 11 is 12.1. The molecule has 0 unspecified atom stereocenters. The highest BCUT2D eigenvalue weighted by Crippen LogP contribution is 2.23. The van der Waals surface area contributed by atoms with Crippen molar-refractivity contribution in [1.29, 1.82) is 0 Å². The number of ether oxygens (including phenoxy) is 1. The van der Waals surface area contributed by atoms with Gasteiger partial charge < -0.3 is 4.74 Å². The summed E-state index contributed by atoms with van der Waals surface area (Å²) in [5.41, 5.74) is 2.02. The van der Waals surface area contributed by atoms with Gasteiger partial charge in [-0.2, -0.15) is 5.10 Å². The molecule has 0 saturated heterocycles. The predicted octanol–water partition coefficient (Wildman–Crippen LogP) is 2.97. The van der Waals surface area contributed by atoms with Crippen molar-refractivity contribution in [2.45, 2.75) is 6.54 Å². The molecule has 0 aliphatic carbocycles. The fraction of sp³-hybridized carbons (Fsp3) is 0.143. The van der Waals surface area contributed by atoms with Crippen LogP contribution >= 0.6 is 23.2 Å². The highest BCUT2D eigenvalue weighted by molar-refractivity contribution is 6.35. The normalized spacial score (nSPS) is 10.9. The van der Waals surface area contributed by atoms with Crippen molar-refractivity contribution in [3.8, 4) is 0 Å². The highest BCUT2D eigenvalue weighted by atomic mass is 35.5. The number of benzene rings is 1. The quantitative estimate of drug-likeness (QED) is 0.687. The first-order valence-electron chi connectivity index (χ1n) is 6.29. The Balaban J connectivity index is 2.09. The molecule has 22 heavy (non-hydrogen) atoms. The van der Waals surface area contributed by atoms with Gasteiger partial charge in [-0.25, -0.2) is 14.8 Å². The van der Waals surface area contributed by atoms with E-state index in [4.69, 9.17) is 27.9 Å². The topological polar surface area (TPSA) is 69.9 Å². The van der Waals surface area contributed by atoms with Gasteiger partial charge in [0.25, 0.3) is 0 Å². The summed E-state index contributed by atoms with van der Waals surface area (Å²) in [5, 5.41) is 5.34. The molecule has 0 aliphatic rings. The van der Waals surface area contributed by atoms with E-state index in [-0.39, 0.29) is 5.69 Å². The second kappa shape index (κ2) is 5.90. The van der Waals surface area contributed by atoms with E-state index in [1.165, 1.54) is 13.4 Å². The number of methoxy groups -OCH3 is 1. The summed E-state index contributed by atoms with van der Waals surface area (Å²) in [6.45, 7) is 0.358. The molecule has 0 N–H and O–H groups in total. The van der Waals surface area contributed by atoms with Crippen molar-refractivity contribution in [1.82, 2.24) is 19.7 Å². The SMILES string of the molecule is COC(=O)c1nn(Cc2ccc(Cl)cc2Cl)c2cncnc12. The number of rotatable bonds is 3. The Kier molecular flexibility index (Phi) is 3.96. The van der Waals surface area contributed by atoms with Crippen molar-refractivity contribution >= 4 is 40.2 Å². The van der Waals surface area contributed by atoms with E-state index in [2.05, 4.69) is 15.1 Å². The Hall–Kier alpha value is -2.18. The van der Waals surface area contributed by atoms with Crippen LogP contribution in [-0.2, 0) is 11.3 Å². The number of hydrogen-bond donors (Lipinski definition) is 0. The third kappa shape index (κ3) is 2.63. The van der Waals surface area contributed by atoms with Crippen LogP contribution in [0.5, 0.6) is 0 Å². The molecule has 0 atom stereocenters. The lowest BCUT2D eigenvalue weighted by Gasteiger charge is -2.06. The first-order chi connectivity index (χ1) is 10.6. The van der Waals surface area contributed by atoms with Gasteiger partial charge in [0.1, 0.15) is 17.4 Å². The molecule has 0 aliphatic heterocycles. The highest BCUT2D eigenvalue weighted by Gasteiger charge is 2.19. The van der Waals surface area contributed by atoms with Gasteiger partial charge in [-0.05, 0) is 17.7 Å². The van der Waals surface area contributed by atoms with Crippen LogP contribution < -0.4 is 0 Å². The van der Waals surface area contributed by atoms with Crippen molar-refractivity contribution in [3.05, 3.63) is 52.0 Å². The van der Waals surface area contributed by atoms with Gasteiger partial charge in [0, 0.05) is 10.0 Å². The second-order valence-electron chi connectivity index (χ2n) is 4.49. The third-order valence-electron chi connectivity index (χ3n) is 3.13. The maximum absolute atomic E-state index is 11.8. The van der Waals surface area contributed by atoms with Crippen LogP contribution in [0.3, 0.4) is 0 Å². The molecule has 112 valence electrons. The number of carbonyl (C=O) groups is 1. The number of halogens is 2. The molecule has 1 aromatic carbocycles. The molecule has 0 saturated carbocycles. The van der Waals surface area contributed by atoms with Gasteiger partial charge in [-0.15, -0.1) is 0 Å². The maximum Gasteiger partial charge on any atom is 0.360 e. The zero-order valence-corrected chi connectivity index (χ0v) is 13.0. The van der Waals surface area contributed by atoms with Crippen LogP contribution in [0, 0.1) is 0 Å². The Morgan fingerprint density at radius 1 is 1.36 bits per heavy atom. The van der Waals surface area contributed by atoms with Crippen LogP contribution in [0.1, 0.15) is 16.1 Å². The number of esters is 1. The van der Waals surface area contributed by atoms with Crippen molar-refractivity contribution < 1.29 is 9.53 Å². The minimum absolute atomic E-state index is 0.144. The van der Waals surface area contributed by atoms with Crippen LogP contribution in [0.25, 0.3) is 11.0 Å². The zero-order valence-electron chi connectivity index (χ0n) is 11.5. The van der Waals surface area contributed by atoms with E-state index < -0.39 is 5.97 Å². The molecule has 8 heteroatoms. The number of carbonyl (C=O) groups excluding carboxylic acids is 1. The van der Waals surface area contributed by atoms with E-state index in [1.54, 1.807) is 29.1 Å². The van der Waals surface area contributed by atoms with Gasteiger partial charge in [-0.1, -0.05) is 29.3 Å². The lowest BCUT2D eigenvalue weighted by atomic mass is 10.2. The first-order valence-corrected chi connectivity index (χ1v) is 7.04. The Morgan fingerprint density at radius 2 is 2.18 bits per heavy atom. The van der Waals surface area contributed by atoms with E-state index in [1.807, 2.05) is 0 Å². The maximum atomic E-state index is 11.8. The van der Waals surface area contributed by atoms with Gasteiger partial charge in [0.15, 0.2) is 5.69 Å². The lowest BCUT2D eigenvalue weighted by Crippen LogP contribution is -2.06. The average Bonchev–Trinajstić information content (AvgIpc) is 2.88. The van der Waals surface area contributed by atoms with Gasteiger partial charge in [0.2, 0.25) is 0 Å². The molecule has 0 amide bonds. The summed E-state index contributed by atoms with van der Waals surface area (Å²) in [6.07, 6.45) is 2.95. The molecule has 6 nitrogen and oxygen atoms in total. The summed E-state index contributed by atoms with van der Waals surface area (Å²) in [6, 6.07) is 5.20. The molecule has 3 rings (SSSR count). The zero-order chi connectivity index (χ0) is 15.7. The van der Waals surface area contributed by atoms with E-state index in [0.717, 1.165) is 5.56 Å². The number of aromatic nitrogens is 4. The van der Waals surface area contributed by atoms with Crippen LogP contribution in [0.15, 0.2) is 30.7 Å². The summed E-state index contributed by atoms with van der Waals surface area (Å²) in [5.74, 6) is -0.551. The largest absolute Gasteiger partial charge is 0.464 e. The molecule has 0 fully saturated rings. The van der Waals surface area contributed by atoms with Crippen LogP contribution in [0.2, 0.25) is 10.0 Å². The van der Waals surface area contributed by atoms with Crippen LogP contribution in [-0.4, -0.2) is 32.8 Å². The molecule has 2 heterocycles. The predicted molar refractivity (Wildman–Crippen MR) is 82.2 cm³/mol. The fourth-order valence-corrected chi connectivity index (χ4v) is 2.55. The minimum Gasteiger partial charge on any atom is -0.464 e. The molecule has 0 spiro atoms. The summed E-state index contributed by atoms with van der Waals surface area (Å²) in [7, 11) is 1.30. The molecule has 2 aromatic heterocycles. The second-order valence-corrected chi connectivity index (χ2v) is 5.33. The average molecular weight is 337 g/mol. The smallest absolute Gasteiger partial charge is 0.360 e. The van der Waals surface area contributed by atoms with E-state index >= 15 is 0 Å². The monoisotopic (exact) mass is 336 g/mol. The third-order valence-corrected chi connectivity index (χ3v) is 3.72. The number of nitrogens with zero attached hydrogens (tertiary/aromatic N) is 4. The molecule has 0 bridgehead atoms. The van der Waals surface area contributed by atoms with E-state index in [0.29, 0.717) is 27.6 Å². The number of fused-ring (bicyclic) bond motifs is 1. The molecular formula is C14H10Cl2N4O2. The Bertz CT molecular complexity index is 863. The van der Waals surface area contributed by atoms with Crippen molar-refractivity contribution in [3.63, 3.8) is 0 Å². The number of hydrogen-bond acceptors (Lipinski definition) is 5. The van der Waals surface area contributed by atoms with E-state index in [9.17, 15) is 4.79 Å². The summed E-state index contributed by atoms with van der Waals surface area (Å²) in [4.78, 5) is 19.9. The van der Waals surface area contributed by atoms with Gasteiger partial charge in [-0.3, -0.25) is 4.68 Å². The van der Waals surface area contributed by atoms with Crippen LogP contribution in [0.4, 0.5) is 0 Å². The molecule has 0 radical (unpaired) electrons. The van der Waals surface area contributed by atoms with Crippen molar-refractivity contribution in [2.75, 3.05) is 7.11 Å². The molecular weight excluding hydrogens is 327 g/mol.